The molecule has 2 heterocycles. The van der Waals surface area contributed by atoms with Crippen LogP contribution >= 0.6 is 11.3 Å². The minimum Gasteiger partial charge on any atom is -0.388 e. The molecular weight excluding hydrogens is 325 g/mol. The Balaban J connectivity index is 1.59. The first kappa shape index (κ1) is 16.8. The van der Waals surface area contributed by atoms with E-state index in [1.165, 1.54) is 12.1 Å². The summed E-state index contributed by atoms with van der Waals surface area (Å²) in [6.45, 7) is 2.68. The molecule has 0 amide bonds. The van der Waals surface area contributed by atoms with Gasteiger partial charge in [-0.05, 0) is 49.1 Å². The van der Waals surface area contributed by atoms with Crippen molar-refractivity contribution in [3.63, 3.8) is 0 Å². The van der Waals surface area contributed by atoms with Gasteiger partial charge in [-0.3, -0.25) is 5.10 Å². The molecule has 3 N–H and O–H groups in total. The lowest BCUT2D eigenvalue weighted by molar-refractivity contribution is 0.157. The number of thiophene rings is 1. The van der Waals surface area contributed by atoms with E-state index in [9.17, 15) is 9.50 Å². The monoisotopic (exact) mass is 345 g/mol. The summed E-state index contributed by atoms with van der Waals surface area (Å²) in [5.74, 6) is -0.255. The highest BCUT2D eigenvalue weighted by Gasteiger charge is 2.14. The van der Waals surface area contributed by atoms with Crippen molar-refractivity contribution in [3.8, 4) is 11.3 Å². The standard InChI is InChI=1S/C18H20FN3OS/c1-12(9-16(23)17-3-2-8-24-17)20-10-14-11-21-22-18(14)13-4-6-15(19)7-5-13/h2-8,11-12,16,20,23H,9-10H2,1H3,(H,21,22). The number of nitrogens with zero attached hydrogens (tertiary/aromatic N) is 1. The van der Waals surface area contributed by atoms with Crippen LogP contribution in [-0.4, -0.2) is 21.3 Å². The zero-order valence-corrected chi connectivity index (χ0v) is 14.2. The van der Waals surface area contributed by atoms with E-state index in [0.717, 1.165) is 21.7 Å². The van der Waals surface area contributed by atoms with Gasteiger partial charge in [0, 0.05) is 28.6 Å². The number of aromatic amines is 1. The second-order valence-corrected chi connectivity index (χ2v) is 6.81. The lowest BCUT2D eigenvalue weighted by Gasteiger charge is -2.17. The van der Waals surface area contributed by atoms with E-state index in [-0.39, 0.29) is 11.9 Å². The van der Waals surface area contributed by atoms with Crippen molar-refractivity contribution in [2.45, 2.75) is 32.0 Å². The first-order valence-electron chi connectivity index (χ1n) is 7.86. The molecule has 126 valence electrons. The topological polar surface area (TPSA) is 60.9 Å². The highest BCUT2D eigenvalue weighted by molar-refractivity contribution is 7.10. The van der Waals surface area contributed by atoms with Gasteiger partial charge in [-0.15, -0.1) is 11.3 Å². The Kier molecular flexibility index (Phi) is 5.40. The molecule has 24 heavy (non-hydrogen) atoms. The normalized spacial score (nSPS) is 13.8. The summed E-state index contributed by atoms with van der Waals surface area (Å²) in [7, 11) is 0. The van der Waals surface area contributed by atoms with E-state index in [1.54, 1.807) is 29.7 Å². The second-order valence-electron chi connectivity index (χ2n) is 5.83. The Morgan fingerprint density at radius 3 is 2.79 bits per heavy atom. The minimum atomic E-state index is -0.451. The Labute approximate surface area is 144 Å². The highest BCUT2D eigenvalue weighted by Crippen LogP contribution is 2.24. The fourth-order valence-corrected chi connectivity index (χ4v) is 3.34. The van der Waals surface area contributed by atoms with E-state index in [0.29, 0.717) is 13.0 Å². The van der Waals surface area contributed by atoms with E-state index in [2.05, 4.69) is 22.4 Å². The predicted octanol–water partition coefficient (Wildman–Crippen LogP) is 3.88. The number of rotatable bonds is 7. The van der Waals surface area contributed by atoms with Crippen LogP contribution in [0.1, 0.15) is 29.9 Å². The minimum absolute atomic E-state index is 0.151. The van der Waals surface area contributed by atoms with Crippen molar-refractivity contribution in [2.24, 2.45) is 0 Å². The van der Waals surface area contributed by atoms with E-state index >= 15 is 0 Å². The summed E-state index contributed by atoms with van der Waals surface area (Å²) in [5, 5.41) is 22.7. The van der Waals surface area contributed by atoms with Crippen molar-refractivity contribution < 1.29 is 9.50 Å². The first-order valence-corrected chi connectivity index (χ1v) is 8.74. The van der Waals surface area contributed by atoms with Crippen molar-refractivity contribution in [1.29, 1.82) is 0 Å². The van der Waals surface area contributed by atoms with Crippen LogP contribution in [0, 0.1) is 5.82 Å². The van der Waals surface area contributed by atoms with Crippen LogP contribution in [-0.2, 0) is 6.54 Å². The molecule has 0 aliphatic heterocycles. The molecule has 0 aliphatic carbocycles. The Hall–Kier alpha value is -2.02. The molecule has 3 rings (SSSR count). The summed E-state index contributed by atoms with van der Waals surface area (Å²) in [5.41, 5.74) is 2.80. The molecule has 3 aromatic rings. The SMILES string of the molecule is CC(CC(O)c1cccs1)NCc1cn[nH]c1-c1ccc(F)cc1. The number of aromatic nitrogens is 2. The molecule has 0 aliphatic rings. The Morgan fingerprint density at radius 2 is 2.08 bits per heavy atom. The van der Waals surface area contributed by atoms with Gasteiger partial charge >= 0.3 is 0 Å². The van der Waals surface area contributed by atoms with Gasteiger partial charge in [0.05, 0.1) is 18.0 Å². The molecule has 2 aromatic heterocycles. The van der Waals surface area contributed by atoms with Crippen molar-refractivity contribution >= 4 is 11.3 Å². The van der Waals surface area contributed by atoms with Gasteiger partial charge in [0.2, 0.25) is 0 Å². The number of hydrogen-bond donors (Lipinski definition) is 3. The van der Waals surface area contributed by atoms with E-state index in [1.807, 2.05) is 17.5 Å². The quantitative estimate of drug-likeness (QED) is 0.609. The first-order chi connectivity index (χ1) is 11.6. The number of hydrogen-bond acceptors (Lipinski definition) is 4. The molecule has 0 radical (unpaired) electrons. The maximum absolute atomic E-state index is 13.1. The van der Waals surface area contributed by atoms with Crippen molar-refractivity contribution in [1.82, 2.24) is 15.5 Å². The third-order valence-electron chi connectivity index (χ3n) is 3.94. The fraction of sp³-hybridized carbons (Fsp3) is 0.278. The zero-order chi connectivity index (χ0) is 16.9. The molecule has 0 spiro atoms. The van der Waals surface area contributed by atoms with Crippen LogP contribution in [0.3, 0.4) is 0 Å². The average molecular weight is 345 g/mol. The number of benzene rings is 1. The molecule has 4 nitrogen and oxygen atoms in total. The van der Waals surface area contributed by atoms with Gasteiger partial charge < -0.3 is 10.4 Å². The van der Waals surface area contributed by atoms with Gasteiger partial charge in [0.1, 0.15) is 5.82 Å². The van der Waals surface area contributed by atoms with Crippen LogP contribution in [0.5, 0.6) is 0 Å². The molecule has 0 saturated heterocycles. The van der Waals surface area contributed by atoms with Crippen molar-refractivity contribution in [3.05, 3.63) is 64.2 Å². The number of aliphatic hydroxyl groups excluding tert-OH is 1. The molecule has 1 aromatic carbocycles. The number of H-pyrrole nitrogens is 1. The largest absolute Gasteiger partial charge is 0.388 e. The summed E-state index contributed by atoms with van der Waals surface area (Å²) in [6, 6.07) is 10.4. The smallest absolute Gasteiger partial charge is 0.123 e. The molecule has 2 unspecified atom stereocenters. The summed E-state index contributed by atoms with van der Waals surface area (Å²) < 4.78 is 13.1. The maximum Gasteiger partial charge on any atom is 0.123 e. The highest BCUT2D eigenvalue weighted by atomic mass is 32.1. The number of aliphatic hydroxyl groups is 1. The maximum atomic E-state index is 13.1. The number of halogens is 1. The predicted molar refractivity (Wildman–Crippen MR) is 94.2 cm³/mol. The molecule has 6 heteroatoms. The summed E-state index contributed by atoms with van der Waals surface area (Å²) in [6.07, 6.45) is 1.96. The van der Waals surface area contributed by atoms with Crippen LogP contribution in [0.25, 0.3) is 11.3 Å². The average Bonchev–Trinajstić information content (AvgIpc) is 3.25. The summed E-state index contributed by atoms with van der Waals surface area (Å²) in [4.78, 5) is 0.985. The van der Waals surface area contributed by atoms with Crippen LogP contribution < -0.4 is 5.32 Å². The molecular formula is C18H20FN3OS. The van der Waals surface area contributed by atoms with Crippen LogP contribution in [0.15, 0.2) is 48.0 Å². The van der Waals surface area contributed by atoms with Crippen molar-refractivity contribution in [2.75, 3.05) is 0 Å². The van der Waals surface area contributed by atoms with Gasteiger partial charge in [0.25, 0.3) is 0 Å². The fourth-order valence-electron chi connectivity index (χ4n) is 2.61. The lowest BCUT2D eigenvalue weighted by Crippen LogP contribution is -2.27. The van der Waals surface area contributed by atoms with Gasteiger partial charge in [-0.25, -0.2) is 4.39 Å². The molecule has 0 saturated carbocycles. The third kappa shape index (κ3) is 4.08. The third-order valence-corrected chi connectivity index (χ3v) is 4.91. The van der Waals surface area contributed by atoms with Gasteiger partial charge in [0.15, 0.2) is 0 Å². The zero-order valence-electron chi connectivity index (χ0n) is 13.4. The lowest BCUT2D eigenvalue weighted by atomic mass is 10.1. The van der Waals surface area contributed by atoms with Gasteiger partial charge in [-0.1, -0.05) is 6.07 Å². The summed E-state index contributed by atoms with van der Waals surface area (Å²) >= 11 is 1.57. The van der Waals surface area contributed by atoms with E-state index < -0.39 is 6.10 Å². The molecule has 0 fully saturated rings. The van der Waals surface area contributed by atoms with Crippen LogP contribution in [0.2, 0.25) is 0 Å². The second kappa shape index (κ2) is 7.70. The van der Waals surface area contributed by atoms with Crippen LogP contribution in [0.4, 0.5) is 4.39 Å². The van der Waals surface area contributed by atoms with E-state index in [4.69, 9.17) is 0 Å². The Morgan fingerprint density at radius 1 is 1.29 bits per heavy atom. The van der Waals surface area contributed by atoms with Gasteiger partial charge in [-0.2, -0.15) is 5.10 Å². The number of nitrogens with one attached hydrogen (secondary N) is 2. The molecule has 0 bridgehead atoms. The Bertz CT molecular complexity index is 755. The molecule has 2 atom stereocenters.